The van der Waals surface area contributed by atoms with Gasteiger partial charge in [-0.3, -0.25) is 9.59 Å². The molecule has 9 nitrogen and oxygen atoms in total. The van der Waals surface area contributed by atoms with E-state index in [1.54, 1.807) is 4.90 Å². The normalized spacial score (nSPS) is 36.6. The van der Waals surface area contributed by atoms with Gasteiger partial charge in [0.15, 0.2) is 11.5 Å². The molecule has 3 heterocycles. The van der Waals surface area contributed by atoms with Crippen LogP contribution in [0.1, 0.15) is 6.92 Å². The van der Waals surface area contributed by atoms with E-state index in [1.165, 1.54) is 14.0 Å². The number of nitrogens with zero attached hydrogens (tertiary/aromatic N) is 1. The van der Waals surface area contributed by atoms with Crippen LogP contribution in [0.5, 0.6) is 0 Å². The number of allylic oxidation sites excluding steroid dienone is 2. The van der Waals surface area contributed by atoms with Crippen LogP contribution in [0.25, 0.3) is 0 Å². The van der Waals surface area contributed by atoms with Crippen LogP contribution in [0.3, 0.4) is 0 Å². The zero-order valence-electron chi connectivity index (χ0n) is 13.2. The number of hydrogen-bond acceptors (Lipinski definition) is 8. The first-order valence-electron chi connectivity index (χ1n) is 7.59. The number of amides is 1. The lowest BCUT2D eigenvalue weighted by atomic mass is 9.83. The number of aliphatic hydroxyl groups is 1. The van der Waals surface area contributed by atoms with Crippen molar-refractivity contribution in [2.75, 3.05) is 20.3 Å². The molecule has 24 heavy (non-hydrogen) atoms. The highest BCUT2D eigenvalue weighted by Gasteiger charge is 2.71. The summed E-state index contributed by atoms with van der Waals surface area (Å²) in [5.74, 6) is -1.75. The number of methoxy groups -OCH3 is 1. The van der Waals surface area contributed by atoms with E-state index < -0.39 is 23.5 Å². The highest BCUT2D eigenvalue weighted by molar-refractivity contribution is 6.25. The zero-order valence-corrected chi connectivity index (χ0v) is 13.2. The number of nitrogens with one attached hydrogen (secondary N) is 1. The van der Waals surface area contributed by atoms with Crippen LogP contribution in [0.2, 0.25) is 0 Å². The fourth-order valence-electron chi connectivity index (χ4n) is 4.16. The van der Waals surface area contributed by atoms with E-state index >= 15 is 0 Å². The van der Waals surface area contributed by atoms with Gasteiger partial charge in [0, 0.05) is 23.7 Å². The molecule has 9 heteroatoms. The number of ether oxygens (including phenoxy) is 2. The van der Waals surface area contributed by atoms with Gasteiger partial charge < -0.3 is 30.5 Å². The number of Topliss-reactive ketones (excluding diaryl/α,β-unsaturated/α-hetero) is 2. The fourth-order valence-corrected chi connectivity index (χ4v) is 4.16. The molecule has 0 aromatic rings. The molecule has 1 aliphatic carbocycles. The van der Waals surface area contributed by atoms with Gasteiger partial charge in [0.05, 0.1) is 24.8 Å². The van der Waals surface area contributed by atoms with Crippen molar-refractivity contribution in [3.05, 3.63) is 22.6 Å². The summed E-state index contributed by atoms with van der Waals surface area (Å²) in [4.78, 5) is 38.1. The van der Waals surface area contributed by atoms with E-state index in [2.05, 4.69) is 5.32 Å². The molecule has 0 bridgehead atoms. The average Bonchev–Trinajstić information content (AvgIpc) is 3.17. The lowest BCUT2D eigenvalue weighted by Crippen LogP contribution is -2.53. The van der Waals surface area contributed by atoms with Crippen LogP contribution in [0, 0.1) is 5.92 Å². The van der Waals surface area contributed by atoms with E-state index in [4.69, 9.17) is 15.2 Å². The molecule has 2 saturated heterocycles. The summed E-state index contributed by atoms with van der Waals surface area (Å²) in [6.45, 7) is 1.63. The van der Waals surface area contributed by atoms with Crippen molar-refractivity contribution < 1.29 is 29.0 Å². The molecule has 0 spiro atoms. The number of hydrogen-bond donors (Lipinski definition) is 3. The summed E-state index contributed by atoms with van der Waals surface area (Å²) >= 11 is 0. The highest BCUT2D eigenvalue weighted by atomic mass is 16.5. The molecule has 4 aliphatic rings. The standard InChI is InChI=1S/C15H17N3O6/c1-5-10(19)9-8(11(20)12(5)23-2)6(4-24-14(16)21)15(22)13-7(17-13)3-18(9)15/h6-7,13,17,22H,3-4H2,1-2H3,(H2,16,21)/t6-,7+,13+,15-/m1/s1. The first kappa shape index (κ1) is 15.2. The Labute approximate surface area is 137 Å². The summed E-state index contributed by atoms with van der Waals surface area (Å²) in [7, 11) is 1.31. The van der Waals surface area contributed by atoms with Gasteiger partial charge in [-0.25, -0.2) is 4.79 Å². The van der Waals surface area contributed by atoms with Gasteiger partial charge >= 0.3 is 6.09 Å². The second kappa shape index (κ2) is 4.58. The van der Waals surface area contributed by atoms with Gasteiger partial charge in [-0.1, -0.05) is 0 Å². The number of ketones is 2. The number of carbonyl (C=O) groups excluding carboxylic acids is 3. The maximum absolute atomic E-state index is 12.8. The van der Waals surface area contributed by atoms with Crippen molar-refractivity contribution in [3.8, 4) is 0 Å². The molecule has 2 fully saturated rings. The molecule has 0 radical (unpaired) electrons. The minimum Gasteiger partial charge on any atom is -0.492 e. The second-order valence-electron chi connectivity index (χ2n) is 6.41. The Morgan fingerprint density at radius 1 is 1.46 bits per heavy atom. The van der Waals surface area contributed by atoms with Crippen molar-refractivity contribution in [2.24, 2.45) is 11.7 Å². The zero-order chi connectivity index (χ0) is 17.4. The average molecular weight is 335 g/mol. The first-order chi connectivity index (χ1) is 11.3. The van der Waals surface area contributed by atoms with Crippen LogP contribution in [-0.4, -0.2) is 65.7 Å². The predicted molar refractivity (Wildman–Crippen MR) is 78.1 cm³/mol. The Hall–Kier alpha value is -2.39. The SMILES string of the molecule is COC1=C(C)C(=O)C2=C(C1=O)[C@@H](COC(N)=O)[C@@]1(O)[C@H]3N[C@H]3CN21. The number of carbonyl (C=O) groups is 3. The molecule has 1 amide bonds. The molecule has 0 unspecified atom stereocenters. The monoisotopic (exact) mass is 335 g/mol. The molecule has 0 aromatic heterocycles. The summed E-state index contributed by atoms with van der Waals surface area (Å²) in [5.41, 5.74) is 4.03. The maximum Gasteiger partial charge on any atom is 0.404 e. The molecule has 4 rings (SSSR count). The van der Waals surface area contributed by atoms with Crippen LogP contribution in [-0.2, 0) is 19.1 Å². The number of fused-ring (bicyclic) bond motifs is 4. The van der Waals surface area contributed by atoms with Crippen LogP contribution >= 0.6 is 0 Å². The second-order valence-corrected chi connectivity index (χ2v) is 6.41. The summed E-state index contributed by atoms with van der Waals surface area (Å²) in [6, 6.07) is -0.257. The van der Waals surface area contributed by atoms with Gasteiger partial charge in [0.25, 0.3) is 0 Å². The van der Waals surface area contributed by atoms with Crippen LogP contribution < -0.4 is 11.1 Å². The van der Waals surface area contributed by atoms with Gasteiger partial charge in [0.2, 0.25) is 11.6 Å². The van der Waals surface area contributed by atoms with E-state index in [-0.39, 0.29) is 47.1 Å². The van der Waals surface area contributed by atoms with Gasteiger partial charge in [-0.2, -0.15) is 0 Å². The van der Waals surface area contributed by atoms with Crippen molar-refractivity contribution in [2.45, 2.75) is 24.7 Å². The smallest absolute Gasteiger partial charge is 0.404 e. The fraction of sp³-hybridized carbons (Fsp3) is 0.533. The molecule has 128 valence electrons. The Morgan fingerprint density at radius 3 is 2.79 bits per heavy atom. The Balaban J connectivity index is 1.82. The number of rotatable bonds is 3. The van der Waals surface area contributed by atoms with E-state index in [0.29, 0.717) is 6.54 Å². The van der Waals surface area contributed by atoms with Gasteiger partial charge in [-0.15, -0.1) is 0 Å². The third-order valence-corrected chi connectivity index (χ3v) is 5.29. The molecule has 0 aromatic carbocycles. The molecular formula is C15H17N3O6. The topological polar surface area (TPSA) is 141 Å². The number of nitrogens with two attached hydrogens (primary N) is 1. The lowest BCUT2D eigenvalue weighted by Gasteiger charge is -2.36. The third kappa shape index (κ3) is 1.63. The van der Waals surface area contributed by atoms with Crippen LogP contribution in [0.15, 0.2) is 22.6 Å². The quantitative estimate of drug-likeness (QED) is 0.413. The molecule has 3 aliphatic heterocycles. The minimum atomic E-state index is -1.50. The number of primary amides is 1. The summed E-state index contributed by atoms with van der Waals surface area (Å²) in [6.07, 6.45) is -1.01. The van der Waals surface area contributed by atoms with Crippen molar-refractivity contribution in [1.82, 2.24) is 10.2 Å². The number of piperazine rings is 1. The largest absolute Gasteiger partial charge is 0.492 e. The molecule has 4 N–H and O–H groups in total. The predicted octanol–water partition coefficient (Wildman–Crippen LogP) is -1.62. The first-order valence-corrected chi connectivity index (χ1v) is 7.59. The summed E-state index contributed by atoms with van der Waals surface area (Å²) in [5, 5.41) is 14.4. The highest BCUT2D eigenvalue weighted by Crippen LogP contribution is 2.54. The van der Waals surface area contributed by atoms with Gasteiger partial charge in [0.1, 0.15) is 6.61 Å². The summed E-state index contributed by atoms with van der Waals surface area (Å²) < 4.78 is 9.95. The van der Waals surface area contributed by atoms with Crippen LogP contribution in [0.4, 0.5) is 4.79 Å². The molecule has 0 saturated carbocycles. The van der Waals surface area contributed by atoms with Crippen molar-refractivity contribution in [3.63, 3.8) is 0 Å². The third-order valence-electron chi connectivity index (χ3n) is 5.29. The van der Waals surface area contributed by atoms with Crippen molar-refractivity contribution >= 4 is 17.7 Å². The van der Waals surface area contributed by atoms with E-state index in [1.807, 2.05) is 0 Å². The lowest BCUT2D eigenvalue weighted by molar-refractivity contribution is -0.122. The van der Waals surface area contributed by atoms with Gasteiger partial charge in [-0.05, 0) is 6.92 Å². The Kier molecular flexibility index (Phi) is 2.89. The Bertz CT molecular complexity index is 756. The maximum atomic E-state index is 12.8. The molecule has 4 atom stereocenters. The Morgan fingerprint density at radius 2 is 2.17 bits per heavy atom. The van der Waals surface area contributed by atoms with E-state index in [9.17, 15) is 19.5 Å². The van der Waals surface area contributed by atoms with E-state index in [0.717, 1.165) is 0 Å². The minimum absolute atomic E-state index is 0.0381. The molecular weight excluding hydrogens is 318 g/mol. The van der Waals surface area contributed by atoms with Crippen molar-refractivity contribution in [1.29, 1.82) is 0 Å².